The number of hydrogen-bond acceptors (Lipinski definition) is 3. The number of nitrogens with zero attached hydrogens (tertiary/aromatic N) is 3. The van der Waals surface area contributed by atoms with Crippen LogP contribution in [0, 0.1) is 13.8 Å². The zero-order valence-corrected chi connectivity index (χ0v) is 33.9. The zero-order chi connectivity index (χ0) is 38.7. The van der Waals surface area contributed by atoms with E-state index in [1.165, 1.54) is 69.4 Å². The van der Waals surface area contributed by atoms with Gasteiger partial charge in [0.25, 0.3) is 0 Å². The van der Waals surface area contributed by atoms with E-state index in [9.17, 15) is 0 Å². The summed E-state index contributed by atoms with van der Waals surface area (Å²) in [6.07, 6.45) is 0.914. The molecule has 3 nitrogen and oxygen atoms in total. The second-order valence-corrected chi connectivity index (χ2v) is 17.5. The van der Waals surface area contributed by atoms with Gasteiger partial charge >= 0.3 is 340 Å². The Bertz CT molecular complexity index is 3220. The van der Waals surface area contributed by atoms with Gasteiger partial charge < -0.3 is 0 Å². The number of aromatic nitrogens is 3. The van der Waals surface area contributed by atoms with Gasteiger partial charge in [0, 0.05) is 0 Å². The number of hydrogen-bond donors (Lipinski definition) is 0. The third-order valence-corrected chi connectivity index (χ3v) is 14.4. The van der Waals surface area contributed by atoms with E-state index in [-0.39, 0.29) is 14.5 Å². The summed E-state index contributed by atoms with van der Waals surface area (Å²) in [6.45, 7) is 4.58. The summed E-state index contributed by atoms with van der Waals surface area (Å²) in [5, 5.41) is 17.1. The van der Waals surface area contributed by atoms with Gasteiger partial charge in [-0.2, -0.15) is 0 Å². The molecule has 2 aromatic heterocycles. The van der Waals surface area contributed by atoms with Crippen molar-refractivity contribution in [3.05, 3.63) is 198 Å². The number of fused-ring (bicyclic) bond motifs is 6. The van der Waals surface area contributed by atoms with Crippen molar-refractivity contribution in [1.29, 1.82) is 0 Å². The molecule has 11 rings (SSSR count). The van der Waals surface area contributed by atoms with Gasteiger partial charge in [-0.05, 0) is 0 Å². The molecule has 0 aliphatic heterocycles. The fraction of sp³-hybridized carbons (Fsp3) is 0.0556. The van der Waals surface area contributed by atoms with Crippen LogP contribution in [0.25, 0.3) is 97.4 Å². The van der Waals surface area contributed by atoms with Crippen LogP contribution in [-0.2, 0) is 6.42 Å². The summed E-state index contributed by atoms with van der Waals surface area (Å²) in [6, 6.07) is 63.7. The SMILES string of the molecule is Cc1cc2c(c(-c3ccc4[se]c5ccccc5c4c3-c3ccccc3-c3nnnc(-c4ccccc4)c3-c3ccccc3-c3ccccc3)c1C)Cc1ccccc1-2. The topological polar surface area (TPSA) is 38.7 Å². The summed E-state index contributed by atoms with van der Waals surface area (Å²) in [7, 11) is 0. The van der Waals surface area contributed by atoms with Crippen molar-refractivity contribution in [3.8, 4) is 78.1 Å². The van der Waals surface area contributed by atoms with Gasteiger partial charge in [-0.3, -0.25) is 0 Å². The molecule has 0 fully saturated rings. The molecule has 2 heterocycles. The normalized spacial score (nSPS) is 11.9. The standard InChI is InChI=1S/C54H37N3Se/c1-33-31-45-39-23-10-9-21-37(39)32-46(45)49(34(33)2)44-29-30-48-51(43-27-15-16-28-47(43)58-48)50(44)41-25-13-14-26-42(41)54-52(53(55-57-56-54)36-19-7-4-8-20-36)40-24-12-11-22-38(40)35-17-5-3-6-18-35/h3-31H,32H2,1-2H3. The molecular weight excluding hydrogens is 770 g/mol. The molecule has 0 spiro atoms. The van der Waals surface area contributed by atoms with Crippen molar-refractivity contribution in [2.75, 3.05) is 0 Å². The van der Waals surface area contributed by atoms with Crippen LogP contribution in [0.15, 0.2) is 176 Å². The molecule has 0 N–H and O–H groups in total. The summed E-state index contributed by atoms with van der Waals surface area (Å²) >= 11 is 0.185. The van der Waals surface area contributed by atoms with Crippen LogP contribution < -0.4 is 0 Å². The van der Waals surface area contributed by atoms with Crippen LogP contribution >= 0.6 is 0 Å². The summed E-state index contributed by atoms with van der Waals surface area (Å²) in [5.74, 6) is 0. The molecule has 1 aliphatic rings. The maximum atomic E-state index is 5.03. The van der Waals surface area contributed by atoms with Crippen LogP contribution in [0.4, 0.5) is 0 Å². The Labute approximate surface area is 344 Å². The first-order valence-electron chi connectivity index (χ1n) is 19.8. The average Bonchev–Trinajstić information content (AvgIpc) is 3.85. The van der Waals surface area contributed by atoms with Gasteiger partial charge in [0.05, 0.1) is 0 Å². The third-order valence-electron chi connectivity index (χ3n) is 12.0. The number of aryl methyl sites for hydroxylation is 1. The second kappa shape index (κ2) is 14.0. The molecule has 0 amide bonds. The van der Waals surface area contributed by atoms with Crippen molar-refractivity contribution in [3.63, 3.8) is 0 Å². The molecule has 10 aromatic rings. The van der Waals surface area contributed by atoms with Crippen LogP contribution in [0.2, 0.25) is 0 Å². The Morgan fingerprint density at radius 2 is 1.03 bits per heavy atom. The first-order valence-corrected chi connectivity index (χ1v) is 21.5. The number of benzene rings is 8. The van der Waals surface area contributed by atoms with E-state index >= 15 is 0 Å². The van der Waals surface area contributed by atoms with Crippen molar-refractivity contribution in [2.24, 2.45) is 0 Å². The second-order valence-electron chi connectivity index (χ2n) is 15.2. The quantitative estimate of drug-likeness (QED) is 0.157. The Morgan fingerprint density at radius 1 is 0.431 bits per heavy atom. The predicted molar refractivity (Wildman–Crippen MR) is 242 cm³/mol. The van der Waals surface area contributed by atoms with Gasteiger partial charge in [-0.25, -0.2) is 0 Å². The summed E-state index contributed by atoms with van der Waals surface area (Å²) in [4.78, 5) is 0. The summed E-state index contributed by atoms with van der Waals surface area (Å²) in [5.41, 5.74) is 21.1. The van der Waals surface area contributed by atoms with E-state index in [2.05, 4.69) is 189 Å². The van der Waals surface area contributed by atoms with Crippen molar-refractivity contribution >= 4 is 33.8 Å². The van der Waals surface area contributed by atoms with E-state index in [0.29, 0.717) is 0 Å². The monoisotopic (exact) mass is 807 g/mol. The van der Waals surface area contributed by atoms with Gasteiger partial charge in [0.15, 0.2) is 0 Å². The molecule has 0 atom stereocenters. The fourth-order valence-electron chi connectivity index (χ4n) is 9.23. The van der Waals surface area contributed by atoms with Gasteiger partial charge in [0.2, 0.25) is 0 Å². The molecule has 4 heteroatoms. The Morgan fingerprint density at radius 3 is 1.81 bits per heavy atom. The number of rotatable bonds is 6. The van der Waals surface area contributed by atoms with Gasteiger partial charge in [-0.15, -0.1) is 0 Å². The molecule has 0 saturated carbocycles. The summed E-state index contributed by atoms with van der Waals surface area (Å²) < 4.78 is 2.83. The van der Waals surface area contributed by atoms with Crippen LogP contribution in [-0.4, -0.2) is 29.9 Å². The zero-order valence-electron chi connectivity index (χ0n) is 32.2. The first-order chi connectivity index (χ1) is 28.6. The minimum atomic E-state index is 0.185. The average molecular weight is 807 g/mol. The van der Waals surface area contributed by atoms with Crippen LogP contribution in [0.3, 0.4) is 0 Å². The molecule has 274 valence electrons. The maximum absolute atomic E-state index is 5.03. The van der Waals surface area contributed by atoms with E-state index in [1.54, 1.807) is 0 Å². The van der Waals surface area contributed by atoms with E-state index in [4.69, 9.17) is 10.2 Å². The molecular formula is C54H37N3Se. The Kier molecular flexibility index (Phi) is 8.36. The van der Waals surface area contributed by atoms with E-state index in [0.717, 1.165) is 56.8 Å². The predicted octanol–water partition coefficient (Wildman–Crippen LogP) is 13.4. The van der Waals surface area contributed by atoms with Crippen molar-refractivity contribution in [2.45, 2.75) is 20.3 Å². The molecule has 0 unspecified atom stereocenters. The van der Waals surface area contributed by atoms with Crippen LogP contribution in [0.1, 0.15) is 22.3 Å². The van der Waals surface area contributed by atoms with Crippen LogP contribution in [0.5, 0.6) is 0 Å². The molecule has 1 aliphatic carbocycles. The van der Waals surface area contributed by atoms with E-state index in [1.807, 2.05) is 6.07 Å². The van der Waals surface area contributed by atoms with Gasteiger partial charge in [0.1, 0.15) is 0 Å². The van der Waals surface area contributed by atoms with Crippen molar-refractivity contribution < 1.29 is 0 Å². The Balaban J connectivity index is 1.26. The fourth-order valence-corrected chi connectivity index (χ4v) is 11.6. The molecule has 58 heavy (non-hydrogen) atoms. The molecule has 8 aromatic carbocycles. The molecule has 0 radical (unpaired) electrons. The third kappa shape index (κ3) is 5.52. The van der Waals surface area contributed by atoms with Crippen molar-refractivity contribution in [1.82, 2.24) is 15.4 Å². The molecule has 0 saturated heterocycles. The first kappa shape index (κ1) is 34.5. The Hall–Kier alpha value is -6.71. The molecule has 0 bridgehead atoms. The minimum absolute atomic E-state index is 0.185. The van der Waals surface area contributed by atoms with E-state index < -0.39 is 0 Å². The van der Waals surface area contributed by atoms with Gasteiger partial charge in [-0.1, -0.05) is 6.07 Å².